The van der Waals surface area contributed by atoms with Crippen molar-refractivity contribution in [3.8, 4) is 0 Å². The number of amides is 1. The summed E-state index contributed by atoms with van der Waals surface area (Å²) in [5.41, 5.74) is -0.0264. The van der Waals surface area contributed by atoms with Gasteiger partial charge >= 0.3 is 0 Å². The van der Waals surface area contributed by atoms with Crippen molar-refractivity contribution in [2.24, 2.45) is 0 Å². The lowest BCUT2D eigenvalue weighted by Gasteiger charge is -2.36. The molecule has 1 saturated heterocycles. The Morgan fingerprint density at radius 3 is 2.64 bits per heavy atom. The smallest absolute Gasteiger partial charge is 0.239 e. The number of carbonyl (C=O) groups excluding carboxylic acids is 1. The zero-order valence-corrected chi connectivity index (χ0v) is 9.76. The van der Waals surface area contributed by atoms with Gasteiger partial charge in [0.1, 0.15) is 0 Å². The Labute approximate surface area is 86.9 Å². The van der Waals surface area contributed by atoms with Crippen LogP contribution in [0, 0.1) is 0 Å². The molecule has 3 heteroatoms. The fraction of sp³-hybridized carbons (Fsp3) is 0.909. The maximum absolute atomic E-state index is 12.0. The molecule has 0 saturated carbocycles. The average molecular weight is 198 g/mol. The Hall–Kier alpha value is -0.570. The van der Waals surface area contributed by atoms with Crippen LogP contribution in [0.25, 0.3) is 0 Å². The van der Waals surface area contributed by atoms with E-state index in [0.717, 1.165) is 25.8 Å². The molecule has 0 aromatic carbocycles. The van der Waals surface area contributed by atoms with Gasteiger partial charge in [-0.1, -0.05) is 6.92 Å². The highest BCUT2D eigenvalue weighted by atomic mass is 16.2. The van der Waals surface area contributed by atoms with Crippen molar-refractivity contribution in [1.82, 2.24) is 10.2 Å². The van der Waals surface area contributed by atoms with Crippen molar-refractivity contribution < 1.29 is 4.79 Å². The molecular weight excluding hydrogens is 176 g/mol. The van der Waals surface area contributed by atoms with Crippen LogP contribution in [-0.2, 0) is 4.79 Å². The van der Waals surface area contributed by atoms with Gasteiger partial charge in [-0.05, 0) is 39.7 Å². The van der Waals surface area contributed by atoms with E-state index in [1.165, 1.54) is 0 Å². The van der Waals surface area contributed by atoms with E-state index < -0.39 is 0 Å². The number of rotatable bonds is 3. The molecule has 0 aliphatic carbocycles. The highest BCUT2D eigenvalue weighted by Crippen LogP contribution is 2.19. The van der Waals surface area contributed by atoms with Gasteiger partial charge in [0.25, 0.3) is 0 Å². The first-order valence-corrected chi connectivity index (χ1v) is 5.50. The standard InChI is InChI=1S/C11H22N2O/c1-5-11(2,3)13(4)10(14)9-7-6-8-12-9/h9,12H,5-8H2,1-4H3. The maximum Gasteiger partial charge on any atom is 0.239 e. The number of carbonyl (C=O) groups is 1. The first-order valence-electron chi connectivity index (χ1n) is 5.50. The second-order valence-electron chi connectivity index (χ2n) is 4.71. The van der Waals surface area contributed by atoms with Gasteiger partial charge in [-0.15, -0.1) is 0 Å². The summed E-state index contributed by atoms with van der Waals surface area (Å²) in [5, 5.41) is 3.24. The second-order valence-corrected chi connectivity index (χ2v) is 4.71. The summed E-state index contributed by atoms with van der Waals surface area (Å²) in [5.74, 6) is 0.245. The molecule has 3 nitrogen and oxygen atoms in total. The summed E-state index contributed by atoms with van der Waals surface area (Å²) in [6.45, 7) is 7.32. The minimum Gasteiger partial charge on any atom is -0.339 e. The monoisotopic (exact) mass is 198 g/mol. The fourth-order valence-electron chi connectivity index (χ4n) is 1.66. The summed E-state index contributed by atoms with van der Waals surface area (Å²) < 4.78 is 0. The number of likely N-dealkylation sites (N-methyl/N-ethyl adjacent to an activating group) is 1. The van der Waals surface area contributed by atoms with E-state index in [-0.39, 0.29) is 17.5 Å². The third-order valence-electron chi connectivity index (χ3n) is 3.46. The highest BCUT2D eigenvalue weighted by molar-refractivity contribution is 5.82. The molecule has 0 spiro atoms. The summed E-state index contributed by atoms with van der Waals surface area (Å²) in [4.78, 5) is 13.9. The molecule has 0 bridgehead atoms. The van der Waals surface area contributed by atoms with Gasteiger partial charge in [-0.2, -0.15) is 0 Å². The Bertz CT molecular complexity index is 207. The Morgan fingerprint density at radius 2 is 2.21 bits per heavy atom. The van der Waals surface area contributed by atoms with E-state index >= 15 is 0 Å². The summed E-state index contributed by atoms with van der Waals surface area (Å²) in [6.07, 6.45) is 3.10. The number of nitrogens with one attached hydrogen (secondary N) is 1. The van der Waals surface area contributed by atoms with Crippen molar-refractivity contribution in [2.75, 3.05) is 13.6 Å². The third-order valence-corrected chi connectivity index (χ3v) is 3.46. The van der Waals surface area contributed by atoms with Crippen LogP contribution < -0.4 is 5.32 Å². The number of hydrogen-bond donors (Lipinski definition) is 1. The predicted octanol–water partition coefficient (Wildman–Crippen LogP) is 1.39. The van der Waals surface area contributed by atoms with Crippen molar-refractivity contribution in [3.05, 3.63) is 0 Å². The highest BCUT2D eigenvalue weighted by Gasteiger charge is 2.31. The summed E-state index contributed by atoms with van der Waals surface area (Å²) in [6, 6.07) is 0.0609. The van der Waals surface area contributed by atoms with Crippen LogP contribution in [0.2, 0.25) is 0 Å². The minimum atomic E-state index is -0.0264. The lowest BCUT2D eigenvalue weighted by atomic mass is 9.99. The van der Waals surface area contributed by atoms with Crippen molar-refractivity contribution >= 4 is 5.91 Å². The first kappa shape index (κ1) is 11.5. The minimum absolute atomic E-state index is 0.0264. The van der Waals surface area contributed by atoms with Crippen LogP contribution in [-0.4, -0.2) is 36.0 Å². The van der Waals surface area contributed by atoms with Crippen LogP contribution in [0.5, 0.6) is 0 Å². The molecule has 82 valence electrons. The van der Waals surface area contributed by atoms with Crippen LogP contribution in [0.3, 0.4) is 0 Å². The van der Waals surface area contributed by atoms with E-state index in [0.29, 0.717) is 0 Å². The number of hydrogen-bond acceptors (Lipinski definition) is 2. The fourth-order valence-corrected chi connectivity index (χ4v) is 1.66. The van der Waals surface area contributed by atoms with Crippen LogP contribution in [0.4, 0.5) is 0 Å². The van der Waals surface area contributed by atoms with Crippen LogP contribution >= 0.6 is 0 Å². The van der Waals surface area contributed by atoms with E-state index in [2.05, 4.69) is 26.1 Å². The molecule has 14 heavy (non-hydrogen) atoms. The largest absolute Gasteiger partial charge is 0.339 e. The van der Waals surface area contributed by atoms with E-state index in [9.17, 15) is 4.79 Å². The zero-order valence-electron chi connectivity index (χ0n) is 9.76. The van der Waals surface area contributed by atoms with Crippen LogP contribution in [0.1, 0.15) is 40.0 Å². The van der Waals surface area contributed by atoms with Gasteiger partial charge in [0.05, 0.1) is 6.04 Å². The molecule has 1 fully saturated rings. The third kappa shape index (κ3) is 2.27. The van der Waals surface area contributed by atoms with E-state index in [1.807, 2.05) is 11.9 Å². The van der Waals surface area contributed by atoms with Crippen molar-refractivity contribution in [3.63, 3.8) is 0 Å². The van der Waals surface area contributed by atoms with E-state index in [1.54, 1.807) is 0 Å². The molecule has 1 aliphatic heterocycles. The predicted molar refractivity (Wildman–Crippen MR) is 58.2 cm³/mol. The molecule has 1 N–H and O–H groups in total. The molecule has 1 atom stereocenters. The van der Waals surface area contributed by atoms with Gasteiger partial charge in [-0.25, -0.2) is 0 Å². The second kappa shape index (κ2) is 4.30. The molecule has 1 aliphatic rings. The Balaban J connectivity index is 2.59. The Kier molecular flexibility index (Phi) is 3.53. The topological polar surface area (TPSA) is 32.3 Å². The van der Waals surface area contributed by atoms with E-state index in [4.69, 9.17) is 0 Å². The number of nitrogens with zero attached hydrogens (tertiary/aromatic N) is 1. The summed E-state index contributed by atoms with van der Waals surface area (Å²) >= 11 is 0. The molecule has 1 heterocycles. The average Bonchev–Trinajstić information content (AvgIpc) is 2.68. The van der Waals surface area contributed by atoms with Gasteiger partial charge in [0.15, 0.2) is 0 Å². The Morgan fingerprint density at radius 1 is 1.57 bits per heavy atom. The van der Waals surface area contributed by atoms with Crippen molar-refractivity contribution in [1.29, 1.82) is 0 Å². The quantitative estimate of drug-likeness (QED) is 0.743. The lowest BCUT2D eigenvalue weighted by Crippen LogP contribution is -2.51. The van der Waals surface area contributed by atoms with Gasteiger partial charge in [-0.3, -0.25) is 4.79 Å². The zero-order chi connectivity index (χ0) is 10.8. The van der Waals surface area contributed by atoms with Gasteiger partial charge < -0.3 is 10.2 Å². The molecular formula is C11H22N2O. The molecule has 1 amide bonds. The molecule has 0 aromatic heterocycles. The molecule has 1 rings (SSSR count). The normalized spacial score (nSPS) is 22.4. The first-order chi connectivity index (χ1) is 6.49. The van der Waals surface area contributed by atoms with Gasteiger partial charge in [0.2, 0.25) is 5.91 Å². The van der Waals surface area contributed by atoms with Crippen LogP contribution in [0.15, 0.2) is 0 Å². The van der Waals surface area contributed by atoms with Gasteiger partial charge in [0, 0.05) is 12.6 Å². The lowest BCUT2D eigenvalue weighted by molar-refractivity contribution is -0.136. The molecule has 0 radical (unpaired) electrons. The van der Waals surface area contributed by atoms with Crippen molar-refractivity contribution in [2.45, 2.75) is 51.6 Å². The maximum atomic E-state index is 12.0. The molecule has 1 unspecified atom stereocenters. The summed E-state index contributed by atoms with van der Waals surface area (Å²) in [7, 11) is 1.91. The molecule has 0 aromatic rings. The SMILES string of the molecule is CCC(C)(C)N(C)C(=O)C1CCCN1.